The zero-order valence-electron chi connectivity index (χ0n) is 31.4. The second-order valence-electron chi connectivity index (χ2n) is 15.0. The first-order valence-corrected chi connectivity index (χ1v) is 19.8. The Bertz CT molecular complexity index is 3540. The lowest BCUT2D eigenvalue weighted by Crippen LogP contribution is -2.02. The highest BCUT2D eigenvalue weighted by molar-refractivity contribution is 6.21. The Morgan fingerprint density at radius 3 is 1.69 bits per heavy atom. The fourth-order valence-electron chi connectivity index (χ4n) is 9.20. The van der Waals surface area contributed by atoms with Crippen molar-refractivity contribution in [1.82, 2.24) is 9.55 Å². The van der Waals surface area contributed by atoms with E-state index >= 15 is 0 Å². The van der Waals surface area contributed by atoms with Gasteiger partial charge in [-0.05, 0) is 97.4 Å². The maximum Gasteiger partial charge on any atom is 0.146 e. The number of hydrogen-bond acceptors (Lipinski definition) is 2. The van der Waals surface area contributed by atoms with Crippen molar-refractivity contribution in [2.24, 2.45) is 0 Å². The van der Waals surface area contributed by atoms with Gasteiger partial charge in [-0.25, -0.2) is 4.98 Å². The van der Waals surface area contributed by atoms with Gasteiger partial charge in [-0.15, -0.1) is 0 Å². The number of nitrogens with zero attached hydrogens (tertiary/aromatic N) is 2. The van der Waals surface area contributed by atoms with Crippen LogP contribution in [0.4, 0.5) is 0 Å². The molecule has 3 nitrogen and oxygen atoms in total. The average Bonchev–Trinajstić information content (AvgIpc) is 3.86. The van der Waals surface area contributed by atoms with E-state index in [0.717, 1.165) is 66.2 Å². The van der Waals surface area contributed by atoms with Crippen molar-refractivity contribution >= 4 is 65.3 Å². The van der Waals surface area contributed by atoms with Gasteiger partial charge in [0.15, 0.2) is 0 Å². The van der Waals surface area contributed by atoms with E-state index in [-0.39, 0.29) is 0 Å². The van der Waals surface area contributed by atoms with E-state index in [9.17, 15) is 0 Å². The zero-order chi connectivity index (χ0) is 38.2. The molecular weight excluding hydrogens is 705 g/mol. The van der Waals surface area contributed by atoms with Crippen LogP contribution in [0.3, 0.4) is 0 Å². The smallest absolute Gasteiger partial charge is 0.146 e. The van der Waals surface area contributed by atoms with Crippen molar-refractivity contribution in [2.45, 2.75) is 0 Å². The molecule has 0 aliphatic heterocycles. The third-order valence-corrected chi connectivity index (χ3v) is 11.8. The molecule has 2 heterocycles. The summed E-state index contributed by atoms with van der Waals surface area (Å²) in [6, 6.07) is 74.0. The van der Waals surface area contributed by atoms with Gasteiger partial charge in [-0.1, -0.05) is 164 Å². The molecule has 0 amide bonds. The lowest BCUT2D eigenvalue weighted by molar-refractivity contribution is 0.669. The molecule has 0 aliphatic rings. The van der Waals surface area contributed by atoms with Crippen LogP contribution in [-0.2, 0) is 0 Å². The first kappa shape index (κ1) is 32.5. The Labute approximate surface area is 334 Å². The van der Waals surface area contributed by atoms with E-state index in [2.05, 4.69) is 211 Å². The highest BCUT2D eigenvalue weighted by Crippen LogP contribution is 2.48. The summed E-state index contributed by atoms with van der Waals surface area (Å²) in [6.45, 7) is 0. The molecule has 3 heteroatoms. The van der Waals surface area contributed by atoms with Gasteiger partial charge >= 0.3 is 0 Å². The van der Waals surface area contributed by atoms with E-state index in [1.54, 1.807) is 0 Å². The van der Waals surface area contributed by atoms with E-state index < -0.39 is 0 Å². The summed E-state index contributed by atoms with van der Waals surface area (Å²) in [4.78, 5) is 5.52. The topological polar surface area (TPSA) is 31.0 Å². The van der Waals surface area contributed by atoms with Crippen LogP contribution >= 0.6 is 0 Å². The van der Waals surface area contributed by atoms with Crippen molar-refractivity contribution in [2.75, 3.05) is 0 Å². The summed E-state index contributed by atoms with van der Waals surface area (Å²) in [5.74, 6) is 0.870. The molecule has 0 spiro atoms. The molecule has 0 saturated heterocycles. The van der Waals surface area contributed by atoms with Crippen LogP contribution in [0, 0.1) is 0 Å². The van der Waals surface area contributed by atoms with Gasteiger partial charge in [0.1, 0.15) is 17.0 Å². The summed E-state index contributed by atoms with van der Waals surface area (Å²) < 4.78 is 9.05. The number of imidazole rings is 1. The minimum atomic E-state index is 0.842. The number of para-hydroxylation sites is 2. The van der Waals surface area contributed by atoms with Crippen LogP contribution < -0.4 is 0 Å². The third kappa shape index (κ3) is 4.97. The Kier molecular flexibility index (Phi) is 7.23. The average molecular weight is 739 g/mol. The Balaban J connectivity index is 1.27. The number of hydrogen-bond donors (Lipinski definition) is 0. The second-order valence-corrected chi connectivity index (χ2v) is 15.0. The molecule has 0 aliphatic carbocycles. The lowest BCUT2D eigenvalue weighted by Gasteiger charge is -2.22. The molecule has 0 fully saturated rings. The summed E-state index contributed by atoms with van der Waals surface area (Å²) in [6.07, 6.45) is 0. The maximum atomic E-state index is 6.63. The van der Waals surface area contributed by atoms with Crippen molar-refractivity contribution in [3.8, 4) is 50.5 Å². The van der Waals surface area contributed by atoms with Gasteiger partial charge < -0.3 is 4.42 Å². The standard InChI is InChI=1S/C55H34N2O/c1-4-17-35(18-5-1)43-33-45-46(34-44(43)36-19-6-2-7-20-36)54(41-26-13-12-25-40(41)52(45)37-21-8-3-9-22-37)57-49-29-15-14-28-48(49)56-55(57)42-27-16-30-50-53(42)47-31-38-23-10-11-24-39(38)32-51(47)58-50/h1-34H. The second kappa shape index (κ2) is 12.9. The van der Waals surface area contributed by atoms with E-state index in [1.807, 2.05) is 0 Å². The number of rotatable bonds is 5. The summed E-state index contributed by atoms with van der Waals surface area (Å²) >= 11 is 0. The molecule has 10 aromatic carbocycles. The SMILES string of the molecule is c1ccc(-c2cc3c(-c4ccccc4)c4ccccc4c(-n4c(-c5cccc6oc7cc8ccccc8cc7c56)nc5ccccc54)c3cc2-c2ccccc2)cc1. The Morgan fingerprint density at radius 1 is 0.379 bits per heavy atom. The molecule has 12 aromatic rings. The van der Waals surface area contributed by atoms with E-state index in [4.69, 9.17) is 9.40 Å². The van der Waals surface area contributed by atoms with Crippen LogP contribution in [0.1, 0.15) is 0 Å². The van der Waals surface area contributed by atoms with Gasteiger partial charge in [-0.2, -0.15) is 0 Å². The predicted molar refractivity (Wildman–Crippen MR) is 243 cm³/mol. The zero-order valence-corrected chi connectivity index (χ0v) is 31.4. The fourth-order valence-corrected chi connectivity index (χ4v) is 9.20. The number of fused-ring (bicyclic) bond motifs is 7. The van der Waals surface area contributed by atoms with Crippen molar-refractivity contribution < 1.29 is 4.42 Å². The van der Waals surface area contributed by atoms with Crippen LogP contribution in [0.5, 0.6) is 0 Å². The summed E-state index contributed by atoms with van der Waals surface area (Å²) in [5, 5.41) is 9.14. The quantitative estimate of drug-likeness (QED) is 0.165. The largest absolute Gasteiger partial charge is 0.456 e. The van der Waals surface area contributed by atoms with Crippen LogP contribution in [0.15, 0.2) is 211 Å². The fraction of sp³-hybridized carbons (Fsp3) is 0. The molecule has 0 unspecified atom stereocenters. The molecular formula is C55H34N2O. The molecule has 12 rings (SSSR count). The molecule has 270 valence electrons. The van der Waals surface area contributed by atoms with Crippen molar-refractivity contribution in [3.05, 3.63) is 206 Å². The minimum Gasteiger partial charge on any atom is -0.456 e. The molecule has 0 N–H and O–H groups in total. The van der Waals surface area contributed by atoms with Crippen LogP contribution in [0.25, 0.3) is 116 Å². The molecule has 0 radical (unpaired) electrons. The molecule has 0 saturated carbocycles. The van der Waals surface area contributed by atoms with Gasteiger partial charge in [0.2, 0.25) is 0 Å². The van der Waals surface area contributed by atoms with Crippen molar-refractivity contribution in [3.63, 3.8) is 0 Å². The van der Waals surface area contributed by atoms with Crippen LogP contribution in [-0.4, -0.2) is 9.55 Å². The van der Waals surface area contributed by atoms with E-state index in [1.165, 1.54) is 49.5 Å². The number of benzene rings is 10. The highest BCUT2D eigenvalue weighted by atomic mass is 16.3. The monoisotopic (exact) mass is 738 g/mol. The van der Waals surface area contributed by atoms with Gasteiger partial charge in [0.25, 0.3) is 0 Å². The van der Waals surface area contributed by atoms with E-state index in [0.29, 0.717) is 0 Å². The lowest BCUT2D eigenvalue weighted by atomic mass is 9.85. The Morgan fingerprint density at radius 2 is 0.966 bits per heavy atom. The summed E-state index contributed by atoms with van der Waals surface area (Å²) in [7, 11) is 0. The maximum absolute atomic E-state index is 6.63. The Hall–Kier alpha value is -7.75. The predicted octanol–water partition coefficient (Wildman–Crippen LogP) is 15.1. The minimum absolute atomic E-state index is 0.842. The summed E-state index contributed by atoms with van der Waals surface area (Å²) in [5.41, 5.74) is 12.9. The van der Waals surface area contributed by atoms with Gasteiger partial charge in [-0.3, -0.25) is 4.57 Å². The third-order valence-electron chi connectivity index (χ3n) is 11.8. The van der Waals surface area contributed by atoms with Gasteiger partial charge in [0, 0.05) is 27.1 Å². The first-order valence-electron chi connectivity index (χ1n) is 19.8. The van der Waals surface area contributed by atoms with Crippen LogP contribution in [0.2, 0.25) is 0 Å². The van der Waals surface area contributed by atoms with Crippen molar-refractivity contribution in [1.29, 1.82) is 0 Å². The normalized spacial score (nSPS) is 11.8. The highest BCUT2D eigenvalue weighted by Gasteiger charge is 2.25. The molecule has 0 atom stereocenters. The molecule has 2 aromatic heterocycles. The number of aromatic nitrogens is 2. The van der Waals surface area contributed by atoms with Gasteiger partial charge in [0.05, 0.1) is 16.7 Å². The molecule has 0 bridgehead atoms. The number of furan rings is 1. The first-order chi connectivity index (χ1) is 28.8. The molecule has 58 heavy (non-hydrogen) atoms.